The van der Waals surface area contributed by atoms with Crippen LogP contribution < -0.4 is 10.3 Å². The van der Waals surface area contributed by atoms with Crippen molar-refractivity contribution in [3.05, 3.63) is 65.0 Å². The minimum Gasteiger partial charge on any atom is -0.456 e. The summed E-state index contributed by atoms with van der Waals surface area (Å²) in [4.78, 5) is 3.83. The van der Waals surface area contributed by atoms with Crippen molar-refractivity contribution in [2.75, 3.05) is 0 Å². The number of hydrogen-bond donors (Lipinski definition) is 1. The van der Waals surface area contributed by atoms with Gasteiger partial charge in [-0.3, -0.25) is 0 Å². The van der Waals surface area contributed by atoms with Crippen molar-refractivity contribution in [1.29, 1.82) is 0 Å². The molecular weight excluding hydrogens is 306 g/mol. The molecule has 0 amide bonds. The standard InChI is InChI=1S/C23H25NO/c1-16-13-17(2)23-20(24-19-11-7-4-8-12-19)15-21(25-22(23)14-16)18-9-5-3-6-10-18/h3,5-6,9-10,13-15,19H,4,7-8,11-12H2,1-2H3/p+1. The maximum atomic E-state index is 6.30. The third-order valence-corrected chi connectivity index (χ3v) is 5.23. The lowest BCUT2D eigenvalue weighted by molar-refractivity contribution is -0.546. The highest BCUT2D eigenvalue weighted by molar-refractivity contribution is 5.82. The number of rotatable bonds is 2. The molecule has 0 bridgehead atoms. The Kier molecular flexibility index (Phi) is 4.44. The van der Waals surface area contributed by atoms with Crippen LogP contribution in [0.5, 0.6) is 0 Å². The Balaban J connectivity index is 1.96. The van der Waals surface area contributed by atoms with Crippen LogP contribution in [0, 0.1) is 13.8 Å². The minimum atomic E-state index is 0.573. The molecule has 0 unspecified atom stereocenters. The van der Waals surface area contributed by atoms with Crippen molar-refractivity contribution < 1.29 is 9.41 Å². The fourth-order valence-corrected chi connectivity index (χ4v) is 4.03. The van der Waals surface area contributed by atoms with Crippen LogP contribution in [-0.2, 0) is 0 Å². The molecule has 2 heteroatoms. The van der Waals surface area contributed by atoms with Gasteiger partial charge in [0.15, 0.2) is 6.04 Å². The van der Waals surface area contributed by atoms with E-state index in [2.05, 4.69) is 61.3 Å². The molecule has 2 nitrogen and oxygen atoms in total. The van der Waals surface area contributed by atoms with E-state index in [0.717, 1.165) is 16.9 Å². The van der Waals surface area contributed by atoms with Gasteiger partial charge in [0, 0.05) is 18.4 Å². The van der Waals surface area contributed by atoms with Gasteiger partial charge in [0.25, 0.3) is 0 Å². The molecule has 3 aromatic rings. The van der Waals surface area contributed by atoms with E-state index >= 15 is 0 Å². The Morgan fingerprint density at radius 2 is 1.68 bits per heavy atom. The molecule has 1 aliphatic rings. The predicted molar refractivity (Wildman–Crippen MR) is 102 cm³/mol. The summed E-state index contributed by atoms with van der Waals surface area (Å²) < 4.78 is 6.30. The molecule has 0 aliphatic heterocycles. The second-order valence-corrected chi connectivity index (χ2v) is 7.32. The van der Waals surface area contributed by atoms with Gasteiger partial charge in [-0.25, -0.2) is 4.99 Å². The zero-order valence-electron chi connectivity index (χ0n) is 15.1. The Morgan fingerprint density at radius 1 is 0.920 bits per heavy atom. The van der Waals surface area contributed by atoms with Gasteiger partial charge in [-0.1, -0.05) is 42.8 Å². The zero-order chi connectivity index (χ0) is 17.2. The van der Waals surface area contributed by atoms with Crippen molar-refractivity contribution in [3.8, 4) is 11.3 Å². The van der Waals surface area contributed by atoms with E-state index in [9.17, 15) is 0 Å². The first-order chi connectivity index (χ1) is 12.2. The molecular formula is C23H26NO+. The van der Waals surface area contributed by atoms with Gasteiger partial charge in [0.2, 0.25) is 5.36 Å². The van der Waals surface area contributed by atoms with Crippen LogP contribution in [0.3, 0.4) is 0 Å². The summed E-state index contributed by atoms with van der Waals surface area (Å²) in [6.45, 7) is 4.31. The van der Waals surface area contributed by atoms with E-state index in [-0.39, 0.29) is 0 Å². The number of nitrogens with one attached hydrogen (secondary N) is 1. The van der Waals surface area contributed by atoms with Gasteiger partial charge < -0.3 is 4.42 Å². The highest BCUT2D eigenvalue weighted by Crippen LogP contribution is 2.24. The normalized spacial score (nSPS) is 16.5. The molecule has 1 aliphatic carbocycles. The van der Waals surface area contributed by atoms with E-state index in [1.807, 2.05) is 6.07 Å². The number of fused-ring (bicyclic) bond motifs is 1. The van der Waals surface area contributed by atoms with Crippen molar-refractivity contribution in [2.24, 2.45) is 0 Å². The SMILES string of the molecule is Cc1cc(C)c2c(=[NH+]C3CCCCC3)cc(-c3ccccc3)oc2c1. The number of aryl methyl sites for hydroxylation is 2. The quantitative estimate of drug-likeness (QED) is 0.754. The summed E-state index contributed by atoms with van der Waals surface area (Å²) in [5, 5.41) is 2.43. The van der Waals surface area contributed by atoms with Crippen LogP contribution in [0.2, 0.25) is 0 Å². The molecule has 1 fully saturated rings. The second kappa shape index (κ2) is 6.87. The third-order valence-electron chi connectivity index (χ3n) is 5.23. The first-order valence-electron chi connectivity index (χ1n) is 9.41. The monoisotopic (exact) mass is 332 g/mol. The van der Waals surface area contributed by atoms with E-state index in [4.69, 9.17) is 4.42 Å². The molecule has 2 aromatic carbocycles. The maximum Gasteiger partial charge on any atom is 0.213 e. The molecule has 128 valence electrons. The average molecular weight is 332 g/mol. The molecule has 1 N–H and O–H groups in total. The molecule has 1 aromatic heterocycles. The van der Waals surface area contributed by atoms with Gasteiger partial charge in [-0.2, -0.15) is 0 Å². The summed E-state index contributed by atoms with van der Waals surface area (Å²) in [6, 6.07) is 17.5. The zero-order valence-corrected chi connectivity index (χ0v) is 15.1. The maximum absolute atomic E-state index is 6.30. The molecule has 25 heavy (non-hydrogen) atoms. The third kappa shape index (κ3) is 3.39. The van der Waals surface area contributed by atoms with Crippen LogP contribution in [0.1, 0.15) is 43.2 Å². The fraction of sp³-hybridized carbons (Fsp3) is 0.348. The van der Waals surface area contributed by atoms with Gasteiger partial charge in [0.05, 0.1) is 11.5 Å². The van der Waals surface area contributed by atoms with Crippen LogP contribution in [0.4, 0.5) is 0 Å². The van der Waals surface area contributed by atoms with Crippen LogP contribution >= 0.6 is 0 Å². The van der Waals surface area contributed by atoms with E-state index in [1.165, 1.54) is 54.0 Å². The molecule has 0 atom stereocenters. The highest BCUT2D eigenvalue weighted by Gasteiger charge is 2.18. The Bertz CT molecular complexity index is 947. The van der Waals surface area contributed by atoms with Crippen molar-refractivity contribution in [1.82, 2.24) is 0 Å². The molecule has 1 saturated carbocycles. The number of hydrogen-bond acceptors (Lipinski definition) is 1. The topological polar surface area (TPSA) is 27.1 Å². The second-order valence-electron chi connectivity index (χ2n) is 7.32. The Hall–Kier alpha value is -2.35. The molecule has 0 radical (unpaired) electrons. The summed E-state index contributed by atoms with van der Waals surface area (Å²) in [5.41, 5.74) is 4.60. The van der Waals surface area contributed by atoms with Crippen LogP contribution in [-0.4, -0.2) is 6.04 Å². The molecule has 1 heterocycles. The minimum absolute atomic E-state index is 0.573. The smallest absolute Gasteiger partial charge is 0.213 e. The Morgan fingerprint density at radius 3 is 2.44 bits per heavy atom. The van der Waals surface area contributed by atoms with Crippen LogP contribution in [0.25, 0.3) is 22.3 Å². The Labute approximate surface area is 149 Å². The van der Waals surface area contributed by atoms with Gasteiger partial charge in [-0.05, 0) is 43.9 Å². The van der Waals surface area contributed by atoms with Crippen molar-refractivity contribution in [2.45, 2.75) is 52.0 Å². The lowest BCUT2D eigenvalue weighted by Gasteiger charge is -2.13. The highest BCUT2D eigenvalue weighted by atomic mass is 16.3. The van der Waals surface area contributed by atoms with Crippen molar-refractivity contribution in [3.63, 3.8) is 0 Å². The first kappa shape index (κ1) is 16.1. The van der Waals surface area contributed by atoms with Gasteiger partial charge in [-0.15, -0.1) is 0 Å². The molecule has 4 rings (SSSR count). The summed E-state index contributed by atoms with van der Waals surface area (Å²) in [5.74, 6) is 0.927. The summed E-state index contributed by atoms with van der Waals surface area (Å²) in [7, 11) is 0. The van der Waals surface area contributed by atoms with Crippen LogP contribution in [0.15, 0.2) is 52.9 Å². The predicted octanol–water partition coefficient (Wildman–Crippen LogP) is 4.03. The molecule has 0 saturated heterocycles. The van der Waals surface area contributed by atoms with E-state index in [1.54, 1.807) is 0 Å². The van der Waals surface area contributed by atoms with Gasteiger partial charge in [0.1, 0.15) is 11.3 Å². The lowest BCUT2D eigenvalue weighted by atomic mass is 9.96. The fourth-order valence-electron chi connectivity index (χ4n) is 4.03. The summed E-state index contributed by atoms with van der Waals surface area (Å²) in [6.07, 6.45) is 6.56. The lowest BCUT2D eigenvalue weighted by Crippen LogP contribution is -2.83. The number of benzene rings is 2. The van der Waals surface area contributed by atoms with E-state index < -0.39 is 0 Å². The average Bonchev–Trinajstić information content (AvgIpc) is 2.62. The largest absolute Gasteiger partial charge is 0.456 e. The van der Waals surface area contributed by atoms with Crippen molar-refractivity contribution >= 4 is 11.0 Å². The van der Waals surface area contributed by atoms with Gasteiger partial charge >= 0.3 is 0 Å². The first-order valence-corrected chi connectivity index (χ1v) is 9.41. The molecule has 0 spiro atoms. The summed E-state index contributed by atoms with van der Waals surface area (Å²) >= 11 is 0. The van der Waals surface area contributed by atoms with E-state index in [0.29, 0.717) is 6.04 Å².